The van der Waals surface area contributed by atoms with E-state index in [1.165, 1.54) is 0 Å². The predicted octanol–water partition coefficient (Wildman–Crippen LogP) is 2.59. The molecule has 2 rings (SSSR count). The summed E-state index contributed by atoms with van der Waals surface area (Å²) in [5.41, 5.74) is -0.382. The van der Waals surface area contributed by atoms with Crippen LogP contribution >= 0.6 is 11.6 Å². The summed E-state index contributed by atoms with van der Waals surface area (Å²) in [5.74, 6) is 0.462. The number of nitrogens with zero attached hydrogens (tertiary/aromatic N) is 1. The summed E-state index contributed by atoms with van der Waals surface area (Å²) in [4.78, 5) is 14.3. The smallest absolute Gasteiger partial charge is 0.251 e. The van der Waals surface area contributed by atoms with Crippen LogP contribution in [0.4, 0.5) is 5.69 Å². The van der Waals surface area contributed by atoms with E-state index in [0.717, 1.165) is 30.8 Å². The molecule has 1 aromatic rings. The molecule has 0 saturated carbocycles. The van der Waals surface area contributed by atoms with Crippen molar-refractivity contribution < 1.29 is 14.6 Å². The van der Waals surface area contributed by atoms with Crippen LogP contribution in [0.1, 0.15) is 33.1 Å². The summed E-state index contributed by atoms with van der Waals surface area (Å²) in [6.45, 7) is 4.99. The van der Waals surface area contributed by atoms with E-state index in [1.54, 1.807) is 20.1 Å². The molecule has 0 aliphatic carbocycles. The van der Waals surface area contributed by atoms with Gasteiger partial charge in [-0.3, -0.25) is 4.79 Å². The van der Waals surface area contributed by atoms with E-state index in [1.807, 2.05) is 19.1 Å². The molecule has 0 bridgehead atoms. The van der Waals surface area contributed by atoms with E-state index in [0.29, 0.717) is 18.0 Å². The van der Waals surface area contributed by atoms with Crippen LogP contribution in [-0.2, 0) is 4.79 Å². The lowest BCUT2D eigenvalue weighted by molar-refractivity contribution is -0.139. The molecule has 5 nitrogen and oxygen atoms in total. The lowest BCUT2D eigenvalue weighted by Crippen LogP contribution is -2.49. The van der Waals surface area contributed by atoms with Gasteiger partial charge in [-0.2, -0.15) is 0 Å². The molecule has 1 aromatic carbocycles. The fourth-order valence-corrected chi connectivity index (χ4v) is 3.11. The minimum absolute atomic E-state index is 0.00881. The Kier molecular flexibility index (Phi) is 5.76. The zero-order valence-electron chi connectivity index (χ0n) is 13.9. The van der Waals surface area contributed by atoms with Gasteiger partial charge < -0.3 is 20.1 Å². The van der Waals surface area contributed by atoms with Crippen LogP contribution in [0.2, 0.25) is 5.02 Å². The summed E-state index contributed by atoms with van der Waals surface area (Å²) in [5, 5.41) is 13.8. The molecule has 0 aromatic heterocycles. The highest BCUT2D eigenvalue weighted by Gasteiger charge is 2.33. The summed E-state index contributed by atoms with van der Waals surface area (Å²) in [6.07, 6.45) is 2.04. The highest BCUT2D eigenvalue weighted by atomic mass is 35.5. The van der Waals surface area contributed by atoms with Crippen LogP contribution in [0.25, 0.3) is 0 Å². The van der Waals surface area contributed by atoms with Crippen molar-refractivity contribution in [1.29, 1.82) is 0 Å². The first-order valence-electron chi connectivity index (χ1n) is 7.99. The van der Waals surface area contributed by atoms with Crippen molar-refractivity contribution in [2.45, 2.75) is 44.8 Å². The number of benzene rings is 1. The minimum Gasteiger partial charge on any atom is -0.495 e. The molecule has 0 radical (unpaired) electrons. The van der Waals surface area contributed by atoms with Gasteiger partial charge in [0.05, 0.1) is 12.8 Å². The van der Waals surface area contributed by atoms with Gasteiger partial charge in [0.1, 0.15) is 11.4 Å². The lowest BCUT2D eigenvalue weighted by Gasteiger charge is -2.25. The standard InChI is InChI=1S/C17H25ClN2O3/c1-4-8-17(2,22)16(21)19-13-7-9-20(11-13)14-10-12(18)5-6-15(14)23-3/h5-6,10,13,22H,4,7-9,11H2,1-3H3,(H,19,21). The number of methoxy groups -OCH3 is 1. The zero-order valence-corrected chi connectivity index (χ0v) is 14.7. The highest BCUT2D eigenvalue weighted by Crippen LogP contribution is 2.33. The Morgan fingerprint density at radius 2 is 2.30 bits per heavy atom. The van der Waals surface area contributed by atoms with Crippen molar-refractivity contribution in [1.82, 2.24) is 5.32 Å². The van der Waals surface area contributed by atoms with Gasteiger partial charge in [0.2, 0.25) is 0 Å². The normalized spacial score (nSPS) is 20.2. The van der Waals surface area contributed by atoms with Gasteiger partial charge in [-0.15, -0.1) is 0 Å². The van der Waals surface area contributed by atoms with Gasteiger partial charge in [-0.1, -0.05) is 24.9 Å². The molecule has 1 saturated heterocycles. The van der Waals surface area contributed by atoms with Crippen molar-refractivity contribution in [3.05, 3.63) is 23.2 Å². The van der Waals surface area contributed by atoms with Gasteiger partial charge in [0.15, 0.2) is 0 Å². The molecule has 2 atom stereocenters. The van der Waals surface area contributed by atoms with E-state index in [2.05, 4.69) is 10.2 Å². The van der Waals surface area contributed by atoms with Crippen molar-refractivity contribution >= 4 is 23.2 Å². The Bertz CT molecular complexity index is 563. The van der Waals surface area contributed by atoms with Crippen LogP contribution in [-0.4, -0.2) is 42.9 Å². The molecule has 1 fully saturated rings. The molecule has 0 spiro atoms. The monoisotopic (exact) mass is 340 g/mol. The first-order valence-corrected chi connectivity index (χ1v) is 8.37. The topological polar surface area (TPSA) is 61.8 Å². The van der Waals surface area contributed by atoms with E-state index in [-0.39, 0.29) is 11.9 Å². The molecule has 1 heterocycles. The van der Waals surface area contributed by atoms with Gasteiger partial charge in [-0.25, -0.2) is 0 Å². The molecule has 1 aliphatic heterocycles. The SMILES string of the molecule is CCCC(C)(O)C(=O)NC1CCN(c2cc(Cl)ccc2OC)C1. The van der Waals surface area contributed by atoms with Crippen molar-refractivity contribution in [2.75, 3.05) is 25.1 Å². The number of anilines is 1. The average molecular weight is 341 g/mol. The fourth-order valence-electron chi connectivity index (χ4n) is 2.95. The van der Waals surface area contributed by atoms with Crippen molar-refractivity contribution in [3.8, 4) is 5.75 Å². The largest absolute Gasteiger partial charge is 0.495 e. The van der Waals surface area contributed by atoms with Gasteiger partial charge >= 0.3 is 0 Å². The highest BCUT2D eigenvalue weighted by molar-refractivity contribution is 6.30. The lowest BCUT2D eigenvalue weighted by atomic mass is 9.99. The van der Waals surface area contributed by atoms with Gasteiger partial charge in [0, 0.05) is 24.2 Å². The maximum atomic E-state index is 12.2. The molecule has 2 N–H and O–H groups in total. The summed E-state index contributed by atoms with van der Waals surface area (Å²) in [7, 11) is 1.63. The number of aliphatic hydroxyl groups is 1. The number of carbonyl (C=O) groups is 1. The van der Waals surface area contributed by atoms with E-state index < -0.39 is 5.60 Å². The maximum absolute atomic E-state index is 12.2. The molecule has 1 aliphatic rings. The molecular weight excluding hydrogens is 316 g/mol. The molecular formula is C17H25ClN2O3. The Balaban J connectivity index is 2.02. The Hall–Kier alpha value is -1.46. The van der Waals surface area contributed by atoms with Crippen LogP contribution in [0, 0.1) is 0 Å². The third kappa shape index (κ3) is 4.30. The van der Waals surface area contributed by atoms with Gasteiger partial charge in [-0.05, 0) is 38.0 Å². The zero-order chi connectivity index (χ0) is 17.0. The molecule has 128 valence electrons. The second-order valence-corrected chi connectivity index (χ2v) is 6.68. The number of hydrogen-bond donors (Lipinski definition) is 2. The third-order valence-electron chi connectivity index (χ3n) is 4.23. The second-order valence-electron chi connectivity index (χ2n) is 6.25. The number of hydrogen-bond acceptors (Lipinski definition) is 4. The number of nitrogens with one attached hydrogen (secondary N) is 1. The molecule has 1 amide bonds. The second kappa shape index (κ2) is 7.41. The Morgan fingerprint density at radius 1 is 1.57 bits per heavy atom. The quantitative estimate of drug-likeness (QED) is 0.835. The summed E-state index contributed by atoms with van der Waals surface area (Å²) in [6, 6.07) is 5.52. The first kappa shape index (κ1) is 17.9. The van der Waals surface area contributed by atoms with E-state index in [9.17, 15) is 9.90 Å². The molecule has 2 unspecified atom stereocenters. The molecule has 6 heteroatoms. The van der Waals surface area contributed by atoms with Crippen LogP contribution < -0.4 is 15.0 Å². The predicted molar refractivity (Wildman–Crippen MR) is 92.3 cm³/mol. The summed E-state index contributed by atoms with van der Waals surface area (Å²) < 4.78 is 5.39. The number of halogens is 1. The van der Waals surface area contributed by atoms with E-state index in [4.69, 9.17) is 16.3 Å². The minimum atomic E-state index is -1.31. The molecule has 23 heavy (non-hydrogen) atoms. The maximum Gasteiger partial charge on any atom is 0.251 e. The first-order chi connectivity index (χ1) is 10.9. The number of rotatable bonds is 6. The number of amides is 1. The van der Waals surface area contributed by atoms with Crippen LogP contribution in [0.3, 0.4) is 0 Å². The Labute approximate surface area is 142 Å². The van der Waals surface area contributed by atoms with E-state index >= 15 is 0 Å². The summed E-state index contributed by atoms with van der Waals surface area (Å²) >= 11 is 6.08. The Morgan fingerprint density at radius 3 is 2.96 bits per heavy atom. The number of carbonyl (C=O) groups excluding carboxylic acids is 1. The van der Waals surface area contributed by atoms with Crippen LogP contribution in [0.15, 0.2) is 18.2 Å². The number of ether oxygens (including phenoxy) is 1. The van der Waals surface area contributed by atoms with Crippen LogP contribution in [0.5, 0.6) is 5.75 Å². The van der Waals surface area contributed by atoms with Crippen molar-refractivity contribution in [2.24, 2.45) is 0 Å². The fraction of sp³-hybridized carbons (Fsp3) is 0.588. The van der Waals surface area contributed by atoms with Gasteiger partial charge in [0.25, 0.3) is 5.91 Å². The van der Waals surface area contributed by atoms with Crippen molar-refractivity contribution in [3.63, 3.8) is 0 Å². The third-order valence-corrected chi connectivity index (χ3v) is 4.47. The average Bonchev–Trinajstić information content (AvgIpc) is 2.95.